The Labute approximate surface area is 127 Å². The molecule has 1 amide bonds. The van der Waals surface area contributed by atoms with Gasteiger partial charge < -0.3 is 9.88 Å². The van der Waals surface area contributed by atoms with E-state index < -0.39 is 15.6 Å². The molecule has 1 N–H and O–H groups in total. The van der Waals surface area contributed by atoms with Gasteiger partial charge in [0.05, 0.1) is 4.90 Å². The first-order valence-corrected chi connectivity index (χ1v) is 8.28. The fraction of sp³-hybridized carbons (Fsp3) is 0.500. The predicted molar refractivity (Wildman–Crippen MR) is 77.7 cm³/mol. The van der Waals surface area contributed by atoms with Crippen LogP contribution in [0, 0.1) is 0 Å². The number of rotatable bonds is 2. The lowest BCUT2D eigenvalue weighted by atomic mass is 10.4. The molecule has 0 unspecified atom stereocenters. The summed E-state index contributed by atoms with van der Waals surface area (Å²) in [5.41, 5.74) is -0.533. The quantitative estimate of drug-likeness (QED) is 0.841. The summed E-state index contributed by atoms with van der Waals surface area (Å²) in [6, 6.07) is 1.14. The zero-order chi connectivity index (χ0) is 15.6. The van der Waals surface area contributed by atoms with Crippen molar-refractivity contribution in [2.75, 3.05) is 26.2 Å². The lowest BCUT2D eigenvalue weighted by Crippen LogP contribution is -2.36. The molecule has 1 aromatic rings. The molecule has 0 atom stereocenters. The molecule has 1 aliphatic rings. The van der Waals surface area contributed by atoms with Gasteiger partial charge in [-0.25, -0.2) is 8.42 Å². The summed E-state index contributed by atoms with van der Waals surface area (Å²) < 4.78 is 26.3. The van der Waals surface area contributed by atoms with Crippen molar-refractivity contribution < 1.29 is 13.2 Å². The van der Waals surface area contributed by atoms with Crippen LogP contribution >= 0.6 is 11.6 Å². The van der Waals surface area contributed by atoms with Gasteiger partial charge in [0, 0.05) is 39.3 Å². The second kappa shape index (κ2) is 6.17. The molecule has 7 nitrogen and oxygen atoms in total. The molecule has 21 heavy (non-hydrogen) atoms. The number of halogens is 1. The molecule has 2 heterocycles. The number of pyridine rings is 1. The summed E-state index contributed by atoms with van der Waals surface area (Å²) in [7, 11) is -3.73. The SMILES string of the molecule is CC(=O)N1CCCN(S(=O)(=O)c2c[nH]c(=O)c(Cl)c2)CC1. The van der Waals surface area contributed by atoms with E-state index in [4.69, 9.17) is 11.6 Å². The van der Waals surface area contributed by atoms with Gasteiger partial charge in [0.1, 0.15) is 5.02 Å². The zero-order valence-electron chi connectivity index (χ0n) is 11.5. The van der Waals surface area contributed by atoms with E-state index >= 15 is 0 Å². The van der Waals surface area contributed by atoms with Crippen molar-refractivity contribution in [3.63, 3.8) is 0 Å². The highest BCUT2D eigenvalue weighted by Gasteiger charge is 2.28. The predicted octanol–water partition coefficient (Wildman–Crippen LogP) is 0.271. The van der Waals surface area contributed by atoms with Crippen molar-refractivity contribution in [3.8, 4) is 0 Å². The zero-order valence-corrected chi connectivity index (χ0v) is 13.1. The smallest absolute Gasteiger partial charge is 0.266 e. The third kappa shape index (κ3) is 3.45. The molecular weight excluding hydrogens is 318 g/mol. The lowest BCUT2D eigenvalue weighted by molar-refractivity contribution is -0.128. The van der Waals surface area contributed by atoms with E-state index in [1.807, 2.05) is 0 Å². The van der Waals surface area contributed by atoms with Crippen LogP contribution in [0.1, 0.15) is 13.3 Å². The topological polar surface area (TPSA) is 90.6 Å². The third-order valence-corrected chi connectivity index (χ3v) is 5.53. The number of amides is 1. The number of hydrogen-bond acceptors (Lipinski definition) is 4. The molecule has 1 aliphatic heterocycles. The van der Waals surface area contributed by atoms with Crippen LogP contribution in [-0.2, 0) is 14.8 Å². The van der Waals surface area contributed by atoms with Crippen molar-refractivity contribution >= 4 is 27.5 Å². The van der Waals surface area contributed by atoms with Crippen LogP contribution in [0.15, 0.2) is 22.0 Å². The molecule has 0 bridgehead atoms. The molecule has 116 valence electrons. The second-order valence-electron chi connectivity index (χ2n) is 4.78. The average Bonchev–Trinajstić information content (AvgIpc) is 2.68. The largest absolute Gasteiger partial charge is 0.342 e. The van der Waals surface area contributed by atoms with Gasteiger partial charge >= 0.3 is 0 Å². The Bertz CT molecular complexity index is 701. The number of carbonyl (C=O) groups excluding carboxylic acids is 1. The number of aromatic nitrogens is 1. The monoisotopic (exact) mass is 333 g/mol. The molecule has 0 radical (unpaired) electrons. The van der Waals surface area contributed by atoms with Gasteiger partial charge in [-0.1, -0.05) is 11.6 Å². The first kappa shape index (κ1) is 16.0. The Hall–Kier alpha value is -1.38. The lowest BCUT2D eigenvalue weighted by Gasteiger charge is -2.21. The fourth-order valence-electron chi connectivity index (χ4n) is 2.18. The molecule has 2 rings (SSSR count). The normalized spacial score (nSPS) is 17.5. The first-order valence-electron chi connectivity index (χ1n) is 6.46. The van der Waals surface area contributed by atoms with Gasteiger partial charge in [-0.15, -0.1) is 0 Å². The minimum absolute atomic E-state index is 0.0524. The number of hydrogen-bond donors (Lipinski definition) is 1. The van der Waals surface area contributed by atoms with E-state index in [1.54, 1.807) is 4.90 Å². The van der Waals surface area contributed by atoms with Crippen LogP contribution in [-0.4, -0.2) is 54.7 Å². The van der Waals surface area contributed by atoms with Gasteiger partial charge in [-0.3, -0.25) is 9.59 Å². The Morgan fingerprint density at radius 3 is 2.62 bits per heavy atom. The standard InChI is InChI=1S/C12H16ClN3O4S/c1-9(17)15-3-2-4-16(6-5-15)21(19,20)10-7-11(13)12(18)14-8-10/h7-8H,2-6H2,1H3,(H,14,18). The maximum absolute atomic E-state index is 12.5. The fourth-order valence-corrected chi connectivity index (χ4v) is 3.89. The summed E-state index contributed by atoms with van der Waals surface area (Å²) >= 11 is 5.68. The van der Waals surface area contributed by atoms with Gasteiger partial charge in [-0.2, -0.15) is 4.31 Å². The molecule has 0 spiro atoms. The Morgan fingerprint density at radius 1 is 1.29 bits per heavy atom. The maximum Gasteiger partial charge on any atom is 0.266 e. The Kier molecular flexibility index (Phi) is 4.70. The van der Waals surface area contributed by atoms with E-state index in [9.17, 15) is 18.0 Å². The van der Waals surface area contributed by atoms with E-state index in [-0.39, 0.29) is 22.4 Å². The summed E-state index contributed by atoms with van der Waals surface area (Å²) in [5.74, 6) is -0.0682. The molecule has 1 saturated heterocycles. The number of H-pyrrole nitrogens is 1. The summed E-state index contributed by atoms with van der Waals surface area (Å²) in [5, 5.41) is -0.170. The number of aromatic amines is 1. The Morgan fingerprint density at radius 2 is 2.00 bits per heavy atom. The van der Waals surface area contributed by atoms with E-state index in [1.165, 1.54) is 11.2 Å². The summed E-state index contributed by atoms with van der Waals surface area (Å²) in [6.45, 7) is 2.90. The average molecular weight is 334 g/mol. The van der Waals surface area contributed by atoms with Gasteiger partial charge in [-0.05, 0) is 12.5 Å². The molecule has 0 saturated carbocycles. The maximum atomic E-state index is 12.5. The van der Waals surface area contributed by atoms with Crippen LogP contribution < -0.4 is 5.56 Å². The third-order valence-electron chi connectivity index (χ3n) is 3.37. The van der Waals surface area contributed by atoms with Crippen molar-refractivity contribution in [3.05, 3.63) is 27.6 Å². The molecular formula is C12H16ClN3O4S. The minimum Gasteiger partial charge on any atom is -0.342 e. The molecule has 0 aliphatic carbocycles. The highest BCUT2D eigenvalue weighted by molar-refractivity contribution is 7.89. The van der Waals surface area contributed by atoms with Crippen molar-refractivity contribution in [2.24, 2.45) is 0 Å². The first-order chi connectivity index (χ1) is 9.82. The van der Waals surface area contributed by atoms with Crippen LogP contribution in [0.5, 0.6) is 0 Å². The summed E-state index contributed by atoms with van der Waals surface area (Å²) in [4.78, 5) is 26.4. The number of nitrogens with zero attached hydrogens (tertiary/aromatic N) is 2. The van der Waals surface area contributed by atoms with Gasteiger partial charge in [0.15, 0.2) is 0 Å². The van der Waals surface area contributed by atoms with Gasteiger partial charge in [0.25, 0.3) is 5.56 Å². The van der Waals surface area contributed by atoms with Gasteiger partial charge in [0.2, 0.25) is 15.9 Å². The van der Waals surface area contributed by atoms with Crippen molar-refractivity contribution in [2.45, 2.75) is 18.2 Å². The van der Waals surface area contributed by atoms with Crippen molar-refractivity contribution in [1.82, 2.24) is 14.2 Å². The highest BCUT2D eigenvalue weighted by atomic mass is 35.5. The van der Waals surface area contributed by atoms with E-state index in [2.05, 4.69) is 4.98 Å². The van der Waals surface area contributed by atoms with Crippen molar-refractivity contribution in [1.29, 1.82) is 0 Å². The van der Waals surface area contributed by atoms with Crippen LogP contribution in [0.2, 0.25) is 5.02 Å². The Balaban J connectivity index is 2.25. The highest BCUT2D eigenvalue weighted by Crippen LogP contribution is 2.18. The second-order valence-corrected chi connectivity index (χ2v) is 7.12. The molecule has 0 aromatic carbocycles. The van der Waals surface area contributed by atoms with Crippen LogP contribution in [0.3, 0.4) is 0 Å². The number of nitrogens with one attached hydrogen (secondary N) is 1. The molecule has 9 heteroatoms. The molecule has 1 fully saturated rings. The van der Waals surface area contributed by atoms with Crippen LogP contribution in [0.4, 0.5) is 0 Å². The van der Waals surface area contributed by atoms with Crippen LogP contribution in [0.25, 0.3) is 0 Å². The number of sulfonamides is 1. The van der Waals surface area contributed by atoms with E-state index in [0.29, 0.717) is 26.1 Å². The summed E-state index contributed by atoms with van der Waals surface area (Å²) in [6.07, 6.45) is 1.70. The minimum atomic E-state index is -3.73. The number of carbonyl (C=O) groups is 1. The van der Waals surface area contributed by atoms with E-state index in [0.717, 1.165) is 12.3 Å². The molecule has 1 aromatic heterocycles.